The standard InChI is InChI=1S/C32H28N2O3S2/c1-4-36-19-10-12-22-26(15-19)38-31(34-22)39-27-14-13-25(37-27)30-29-21(16-32(2,3)17-24(29)35)28-20-8-6-5-7-18(20)9-11-23(28)33-30/h5-15,30,33H,4,16-17H2,1-3H3. The Kier molecular flexibility index (Phi) is 5.83. The smallest absolute Gasteiger partial charge is 0.167 e. The highest BCUT2D eigenvalue weighted by molar-refractivity contribution is 8.01. The van der Waals surface area contributed by atoms with Gasteiger partial charge in [-0.3, -0.25) is 4.79 Å². The average Bonchev–Trinajstić information content (AvgIpc) is 3.53. The van der Waals surface area contributed by atoms with Gasteiger partial charge in [0.25, 0.3) is 0 Å². The van der Waals surface area contributed by atoms with E-state index < -0.39 is 0 Å². The van der Waals surface area contributed by atoms with Crippen LogP contribution in [0.2, 0.25) is 0 Å². The van der Waals surface area contributed by atoms with E-state index in [0.29, 0.717) is 13.0 Å². The molecular formula is C32H28N2O3S2. The van der Waals surface area contributed by atoms with E-state index in [0.717, 1.165) is 60.0 Å². The maximum absolute atomic E-state index is 13.7. The van der Waals surface area contributed by atoms with E-state index in [4.69, 9.17) is 14.1 Å². The highest BCUT2D eigenvalue weighted by Gasteiger charge is 2.41. The third-order valence-electron chi connectivity index (χ3n) is 7.47. The van der Waals surface area contributed by atoms with Crippen molar-refractivity contribution >= 4 is 61.1 Å². The van der Waals surface area contributed by atoms with Gasteiger partial charge in [-0.25, -0.2) is 4.98 Å². The molecule has 0 fully saturated rings. The zero-order chi connectivity index (χ0) is 26.7. The zero-order valence-corrected chi connectivity index (χ0v) is 23.7. The molecule has 3 heterocycles. The van der Waals surface area contributed by atoms with Gasteiger partial charge in [-0.1, -0.05) is 44.2 Å². The molecule has 1 atom stereocenters. The molecule has 2 aromatic heterocycles. The number of ketones is 1. The molecule has 196 valence electrons. The molecule has 1 aliphatic heterocycles. The van der Waals surface area contributed by atoms with E-state index in [1.807, 2.05) is 37.3 Å². The van der Waals surface area contributed by atoms with Gasteiger partial charge in [-0.2, -0.15) is 0 Å². The van der Waals surface area contributed by atoms with Gasteiger partial charge in [0.2, 0.25) is 0 Å². The third kappa shape index (κ3) is 4.34. The molecule has 0 radical (unpaired) electrons. The zero-order valence-electron chi connectivity index (χ0n) is 22.0. The Hall–Kier alpha value is -3.55. The molecule has 0 amide bonds. The largest absolute Gasteiger partial charge is 0.494 e. The molecule has 3 aromatic carbocycles. The number of benzene rings is 3. The Balaban J connectivity index is 1.26. The fourth-order valence-corrected chi connectivity index (χ4v) is 7.86. The van der Waals surface area contributed by atoms with Crippen LogP contribution in [0.4, 0.5) is 5.69 Å². The lowest BCUT2D eigenvalue weighted by atomic mass is 9.68. The van der Waals surface area contributed by atoms with Crippen molar-refractivity contribution in [2.75, 3.05) is 11.9 Å². The van der Waals surface area contributed by atoms with Gasteiger partial charge in [0.15, 0.2) is 15.2 Å². The van der Waals surface area contributed by atoms with E-state index in [9.17, 15) is 4.79 Å². The summed E-state index contributed by atoms with van der Waals surface area (Å²) in [4.78, 5) is 18.5. The van der Waals surface area contributed by atoms with Crippen LogP contribution in [0.3, 0.4) is 0 Å². The molecule has 2 aliphatic rings. The van der Waals surface area contributed by atoms with E-state index in [2.05, 4.69) is 55.6 Å². The van der Waals surface area contributed by atoms with Crippen molar-refractivity contribution in [2.24, 2.45) is 5.41 Å². The van der Waals surface area contributed by atoms with Gasteiger partial charge in [-0.15, -0.1) is 11.3 Å². The minimum absolute atomic E-state index is 0.0922. The number of hydrogen-bond donors (Lipinski definition) is 1. The fourth-order valence-electron chi connectivity index (χ4n) is 5.87. The number of carbonyl (C=O) groups is 1. The van der Waals surface area contributed by atoms with Crippen LogP contribution in [-0.4, -0.2) is 17.4 Å². The molecule has 5 nitrogen and oxygen atoms in total. The Morgan fingerprint density at radius 2 is 1.97 bits per heavy atom. The van der Waals surface area contributed by atoms with Crippen LogP contribution < -0.4 is 10.1 Å². The highest BCUT2D eigenvalue weighted by atomic mass is 32.2. The number of rotatable bonds is 5. The second-order valence-corrected chi connectivity index (χ2v) is 13.2. The van der Waals surface area contributed by atoms with Crippen molar-refractivity contribution in [1.29, 1.82) is 0 Å². The fraction of sp³-hybridized carbons (Fsp3) is 0.250. The molecule has 7 rings (SSSR count). The Labute approximate surface area is 235 Å². The van der Waals surface area contributed by atoms with E-state index >= 15 is 0 Å². The van der Waals surface area contributed by atoms with Crippen LogP contribution in [0, 0.1) is 5.41 Å². The summed E-state index contributed by atoms with van der Waals surface area (Å²) >= 11 is 3.13. The minimum Gasteiger partial charge on any atom is -0.494 e. The molecular weight excluding hydrogens is 524 g/mol. The van der Waals surface area contributed by atoms with Crippen molar-refractivity contribution in [2.45, 2.75) is 49.1 Å². The number of furan rings is 1. The first-order chi connectivity index (χ1) is 18.9. The molecule has 39 heavy (non-hydrogen) atoms. The molecule has 1 N–H and O–H groups in total. The minimum atomic E-state index is -0.323. The second-order valence-electron chi connectivity index (χ2n) is 10.9. The highest BCUT2D eigenvalue weighted by Crippen LogP contribution is 2.52. The number of thiazole rings is 1. The van der Waals surface area contributed by atoms with Crippen LogP contribution in [0.25, 0.3) is 26.6 Å². The summed E-state index contributed by atoms with van der Waals surface area (Å²) in [7, 11) is 0. The summed E-state index contributed by atoms with van der Waals surface area (Å²) < 4.78 is 14.0. The van der Waals surface area contributed by atoms with Gasteiger partial charge in [0, 0.05) is 23.2 Å². The molecule has 1 unspecified atom stereocenters. The topological polar surface area (TPSA) is 64.4 Å². The van der Waals surface area contributed by atoms with Gasteiger partial charge in [0.05, 0.1) is 16.8 Å². The van der Waals surface area contributed by atoms with E-state index in [1.165, 1.54) is 22.5 Å². The molecule has 0 spiro atoms. The number of ether oxygens (including phenoxy) is 1. The van der Waals surface area contributed by atoms with Crippen LogP contribution >= 0.6 is 23.1 Å². The molecule has 7 heteroatoms. The van der Waals surface area contributed by atoms with Crippen molar-refractivity contribution in [3.05, 3.63) is 83.6 Å². The van der Waals surface area contributed by atoms with Gasteiger partial charge in [-0.05, 0) is 83.3 Å². The van der Waals surface area contributed by atoms with Crippen LogP contribution in [0.1, 0.15) is 51.0 Å². The van der Waals surface area contributed by atoms with Gasteiger partial charge in [0.1, 0.15) is 17.6 Å². The first-order valence-electron chi connectivity index (χ1n) is 13.2. The number of hydrogen-bond acceptors (Lipinski definition) is 7. The monoisotopic (exact) mass is 552 g/mol. The lowest BCUT2D eigenvalue weighted by molar-refractivity contribution is -0.118. The summed E-state index contributed by atoms with van der Waals surface area (Å²) in [5.41, 5.74) is 5.04. The Morgan fingerprint density at radius 3 is 2.85 bits per heavy atom. The van der Waals surface area contributed by atoms with Crippen molar-refractivity contribution in [3.8, 4) is 5.75 Å². The molecule has 0 saturated carbocycles. The third-order valence-corrected chi connectivity index (χ3v) is 9.46. The summed E-state index contributed by atoms with van der Waals surface area (Å²) in [5, 5.41) is 6.79. The Bertz CT molecular complexity index is 1800. The lowest BCUT2D eigenvalue weighted by Gasteiger charge is -2.39. The van der Waals surface area contributed by atoms with E-state index in [-0.39, 0.29) is 17.2 Å². The Morgan fingerprint density at radius 1 is 1.10 bits per heavy atom. The number of anilines is 1. The molecule has 5 aromatic rings. The number of carbonyl (C=O) groups excluding carboxylic acids is 1. The van der Waals surface area contributed by atoms with Crippen molar-refractivity contribution in [1.82, 2.24) is 4.98 Å². The normalized spacial score (nSPS) is 18.2. The number of allylic oxidation sites excluding steroid dienone is 1. The maximum atomic E-state index is 13.7. The summed E-state index contributed by atoms with van der Waals surface area (Å²) in [6.45, 7) is 6.99. The van der Waals surface area contributed by atoms with Crippen molar-refractivity contribution < 1.29 is 13.9 Å². The quantitative estimate of drug-likeness (QED) is 0.235. The van der Waals surface area contributed by atoms with Gasteiger partial charge >= 0.3 is 0 Å². The SMILES string of the molecule is CCOc1ccc2nc(Sc3ccc(C4Nc5ccc6ccccc6c5C5=C4C(=O)CC(C)(C)C5)o3)sc2c1. The first-order valence-corrected chi connectivity index (χ1v) is 14.9. The van der Waals surface area contributed by atoms with Gasteiger partial charge < -0.3 is 14.5 Å². The predicted octanol–water partition coefficient (Wildman–Crippen LogP) is 8.90. The molecule has 0 saturated heterocycles. The van der Waals surface area contributed by atoms with E-state index in [1.54, 1.807) is 11.3 Å². The van der Waals surface area contributed by atoms with Crippen LogP contribution in [0.5, 0.6) is 5.75 Å². The molecule has 1 aliphatic carbocycles. The average molecular weight is 553 g/mol. The number of aromatic nitrogens is 1. The first kappa shape index (κ1) is 24.5. The van der Waals surface area contributed by atoms with Crippen molar-refractivity contribution in [3.63, 3.8) is 0 Å². The number of Topliss-reactive ketones (excluding diaryl/α,β-unsaturated/α-hetero) is 1. The number of nitrogens with zero attached hydrogens (tertiary/aromatic N) is 1. The van der Waals surface area contributed by atoms with Crippen LogP contribution in [0.15, 0.2) is 86.2 Å². The summed E-state index contributed by atoms with van der Waals surface area (Å²) in [6, 6.07) is 22.3. The predicted molar refractivity (Wildman–Crippen MR) is 159 cm³/mol. The maximum Gasteiger partial charge on any atom is 0.167 e. The lowest BCUT2D eigenvalue weighted by Crippen LogP contribution is -2.33. The second kappa shape index (κ2) is 9.28. The number of nitrogens with one attached hydrogen (secondary N) is 1. The number of fused-ring (bicyclic) bond motifs is 5. The summed E-state index contributed by atoms with van der Waals surface area (Å²) in [6.07, 6.45) is 1.38. The van der Waals surface area contributed by atoms with Crippen LogP contribution in [-0.2, 0) is 4.79 Å². The summed E-state index contributed by atoms with van der Waals surface area (Å²) in [5.74, 6) is 1.79. The molecule has 0 bridgehead atoms.